The van der Waals surface area contributed by atoms with Crippen molar-refractivity contribution in [2.75, 3.05) is 13.2 Å². The zero-order valence-corrected chi connectivity index (χ0v) is 10.7. The Morgan fingerprint density at radius 3 is 2.67 bits per heavy atom. The summed E-state index contributed by atoms with van der Waals surface area (Å²) in [7, 11) is 0. The minimum atomic E-state index is 0.232. The second-order valence-electron chi connectivity index (χ2n) is 4.83. The number of hydrogen-bond acceptors (Lipinski definition) is 2. The molecule has 1 fully saturated rings. The fourth-order valence-corrected chi connectivity index (χ4v) is 2.10. The number of rotatable bonds is 8. The molecular formula is C15H21NO2. The first-order valence-electron chi connectivity index (χ1n) is 6.75. The van der Waals surface area contributed by atoms with E-state index in [0.717, 1.165) is 38.8 Å². The average molecular weight is 247 g/mol. The topological polar surface area (TPSA) is 38.3 Å². The summed E-state index contributed by atoms with van der Waals surface area (Å²) in [6.07, 6.45) is 4.40. The molecule has 1 heterocycles. The molecule has 3 heteroatoms. The monoisotopic (exact) mass is 247 g/mol. The predicted octanol–water partition coefficient (Wildman–Crippen LogP) is 2.51. The van der Waals surface area contributed by atoms with Crippen molar-refractivity contribution in [3.05, 3.63) is 35.9 Å². The summed E-state index contributed by atoms with van der Waals surface area (Å²) in [6, 6.07) is 10.2. The van der Waals surface area contributed by atoms with E-state index in [9.17, 15) is 4.79 Å². The molecule has 0 spiro atoms. The maximum atomic E-state index is 11.0. The fourth-order valence-electron chi connectivity index (χ4n) is 2.10. The highest BCUT2D eigenvalue weighted by Gasteiger charge is 2.26. The summed E-state index contributed by atoms with van der Waals surface area (Å²) in [5.74, 6) is 0.519. The minimum absolute atomic E-state index is 0.232. The molecule has 2 rings (SSSR count). The third-order valence-electron chi connectivity index (χ3n) is 3.35. The Hall–Kier alpha value is -1.35. The van der Waals surface area contributed by atoms with Gasteiger partial charge in [-0.2, -0.15) is 0 Å². The van der Waals surface area contributed by atoms with Gasteiger partial charge in [0.05, 0.1) is 12.5 Å². The maximum Gasteiger partial charge on any atom is 0.224 e. The van der Waals surface area contributed by atoms with Crippen LogP contribution in [0.1, 0.15) is 31.2 Å². The summed E-state index contributed by atoms with van der Waals surface area (Å²) >= 11 is 0. The normalized spacial score (nSPS) is 18.2. The molecule has 1 aliphatic heterocycles. The Morgan fingerprint density at radius 2 is 2.00 bits per heavy atom. The molecule has 1 N–H and O–H groups in total. The summed E-state index contributed by atoms with van der Waals surface area (Å²) < 4.78 is 5.61. The number of nitrogens with one attached hydrogen (secondary N) is 1. The number of β-lactam (4-membered cyclic amide) rings is 1. The number of carbonyl (C=O) groups is 1. The molecule has 1 aromatic rings. The van der Waals surface area contributed by atoms with E-state index < -0.39 is 0 Å². The predicted molar refractivity (Wildman–Crippen MR) is 71.1 cm³/mol. The van der Waals surface area contributed by atoms with Crippen LogP contribution in [0.3, 0.4) is 0 Å². The highest BCUT2D eigenvalue weighted by Crippen LogP contribution is 2.15. The first-order valence-corrected chi connectivity index (χ1v) is 6.75. The van der Waals surface area contributed by atoms with Crippen molar-refractivity contribution in [2.45, 2.75) is 32.3 Å². The zero-order chi connectivity index (χ0) is 12.6. The number of hydrogen-bond donors (Lipinski definition) is 1. The van der Waals surface area contributed by atoms with Crippen LogP contribution in [0, 0.1) is 5.92 Å². The SMILES string of the molecule is O=C1NC[C@H]1CCCCCOCc1ccccc1. The van der Waals surface area contributed by atoms with Gasteiger partial charge >= 0.3 is 0 Å². The van der Waals surface area contributed by atoms with E-state index in [1.807, 2.05) is 18.2 Å². The fraction of sp³-hybridized carbons (Fsp3) is 0.533. The van der Waals surface area contributed by atoms with Crippen molar-refractivity contribution in [3.63, 3.8) is 0 Å². The van der Waals surface area contributed by atoms with Crippen LogP contribution in [0.15, 0.2) is 30.3 Å². The van der Waals surface area contributed by atoms with Gasteiger partial charge in [-0.3, -0.25) is 4.79 Å². The summed E-state index contributed by atoms with van der Waals surface area (Å²) in [4.78, 5) is 11.0. The molecule has 0 aromatic heterocycles. The molecular weight excluding hydrogens is 226 g/mol. The highest BCUT2D eigenvalue weighted by molar-refractivity contribution is 5.84. The molecule has 0 unspecified atom stereocenters. The van der Waals surface area contributed by atoms with Crippen LogP contribution in [0.4, 0.5) is 0 Å². The molecule has 1 saturated heterocycles. The molecule has 1 amide bonds. The van der Waals surface area contributed by atoms with Crippen molar-refractivity contribution < 1.29 is 9.53 Å². The van der Waals surface area contributed by atoms with Crippen LogP contribution in [-0.4, -0.2) is 19.1 Å². The van der Waals surface area contributed by atoms with E-state index in [4.69, 9.17) is 4.74 Å². The lowest BCUT2D eigenvalue weighted by molar-refractivity contribution is -0.131. The molecule has 1 atom stereocenters. The van der Waals surface area contributed by atoms with Crippen LogP contribution in [0.25, 0.3) is 0 Å². The average Bonchev–Trinajstić information content (AvgIpc) is 2.41. The van der Waals surface area contributed by atoms with E-state index in [-0.39, 0.29) is 11.8 Å². The Balaban J connectivity index is 1.43. The Kier molecular flexibility index (Phi) is 5.21. The smallest absolute Gasteiger partial charge is 0.224 e. The van der Waals surface area contributed by atoms with Gasteiger partial charge < -0.3 is 10.1 Å². The number of ether oxygens (including phenoxy) is 1. The number of carbonyl (C=O) groups excluding carboxylic acids is 1. The maximum absolute atomic E-state index is 11.0. The number of unbranched alkanes of at least 4 members (excludes halogenated alkanes) is 2. The van der Waals surface area contributed by atoms with E-state index in [1.165, 1.54) is 5.56 Å². The van der Waals surface area contributed by atoms with Gasteiger partial charge in [0.15, 0.2) is 0 Å². The lowest BCUT2D eigenvalue weighted by Gasteiger charge is -2.25. The van der Waals surface area contributed by atoms with E-state index >= 15 is 0 Å². The van der Waals surface area contributed by atoms with Gasteiger partial charge in [-0.1, -0.05) is 43.2 Å². The van der Waals surface area contributed by atoms with E-state index in [2.05, 4.69) is 17.4 Å². The van der Waals surface area contributed by atoms with Crippen molar-refractivity contribution >= 4 is 5.91 Å². The summed E-state index contributed by atoms with van der Waals surface area (Å²) in [5.41, 5.74) is 1.23. The third kappa shape index (κ3) is 4.15. The van der Waals surface area contributed by atoms with Gasteiger partial charge in [0.25, 0.3) is 0 Å². The number of benzene rings is 1. The van der Waals surface area contributed by atoms with Crippen molar-refractivity contribution in [1.82, 2.24) is 5.32 Å². The highest BCUT2D eigenvalue weighted by atomic mass is 16.5. The van der Waals surface area contributed by atoms with Crippen molar-refractivity contribution in [1.29, 1.82) is 0 Å². The molecule has 0 aliphatic carbocycles. The van der Waals surface area contributed by atoms with Gasteiger partial charge in [-0.05, 0) is 18.4 Å². The third-order valence-corrected chi connectivity index (χ3v) is 3.35. The van der Waals surface area contributed by atoms with E-state index in [1.54, 1.807) is 0 Å². The quantitative estimate of drug-likeness (QED) is 0.566. The van der Waals surface area contributed by atoms with Crippen LogP contribution < -0.4 is 5.32 Å². The molecule has 18 heavy (non-hydrogen) atoms. The van der Waals surface area contributed by atoms with Crippen LogP contribution in [0.2, 0.25) is 0 Å². The van der Waals surface area contributed by atoms with Crippen LogP contribution in [-0.2, 0) is 16.1 Å². The van der Waals surface area contributed by atoms with Crippen molar-refractivity contribution in [2.24, 2.45) is 5.92 Å². The Bertz CT molecular complexity index is 364. The Labute approximate surface area is 109 Å². The second-order valence-corrected chi connectivity index (χ2v) is 4.83. The molecule has 98 valence electrons. The number of amides is 1. The molecule has 0 radical (unpaired) electrons. The second kappa shape index (κ2) is 7.17. The molecule has 0 saturated carbocycles. The van der Waals surface area contributed by atoms with E-state index in [0.29, 0.717) is 6.61 Å². The lowest BCUT2D eigenvalue weighted by atomic mass is 9.95. The first-order chi connectivity index (χ1) is 8.86. The van der Waals surface area contributed by atoms with Gasteiger partial charge in [0.2, 0.25) is 5.91 Å². The van der Waals surface area contributed by atoms with Crippen molar-refractivity contribution in [3.8, 4) is 0 Å². The standard InChI is InChI=1S/C15H21NO2/c17-15-14(11-16-15)9-5-2-6-10-18-12-13-7-3-1-4-8-13/h1,3-4,7-8,14H,2,5-6,9-12H2,(H,16,17)/t14-/m1/s1. The summed E-state index contributed by atoms with van der Waals surface area (Å²) in [5, 5.41) is 2.77. The summed E-state index contributed by atoms with van der Waals surface area (Å²) in [6.45, 7) is 2.39. The molecule has 1 aromatic carbocycles. The van der Waals surface area contributed by atoms with Gasteiger partial charge in [0.1, 0.15) is 0 Å². The van der Waals surface area contributed by atoms with Gasteiger partial charge in [-0.15, -0.1) is 0 Å². The Morgan fingerprint density at radius 1 is 1.17 bits per heavy atom. The van der Waals surface area contributed by atoms with Gasteiger partial charge in [0, 0.05) is 13.2 Å². The first kappa shape index (κ1) is 13.1. The minimum Gasteiger partial charge on any atom is -0.377 e. The van der Waals surface area contributed by atoms with Gasteiger partial charge in [-0.25, -0.2) is 0 Å². The molecule has 0 bridgehead atoms. The lowest BCUT2D eigenvalue weighted by Crippen LogP contribution is -2.48. The van der Waals surface area contributed by atoms with Crippen LogP contribution >= 0.6 is 0 Å². The van der Waals surface area contributed by atoms with Crippen LogP contribution in [0.5, 0.6) is 0 Å². The largest absolute Gasteiger partial charge is 0.377 e. The molecule has 3 nitrogen and oxygen atoms in total. The molecule has 1 aliphatic rings. The zero-order valence-electron chi connectivity index (χ0n) is 10.7.